The van der Waals surface area contributed by atoms with Crippen molar-refractivity contribution < 1.29 is 38.1 Å². The number of ketones is 1. The molecule has 0 saturated carbocycles. The number of nitrogens with zero attached hydrogens (tertiary/aromatic N) is 1. The summed E-state index contributed by atoms with van der Waals surface area (Å²) in [7, 11) is 1.90. The molecule has 0 aliphatic heterocycles. The molecule has 2 aromatic rings. The van der Waals surface area contributed by atoms with Crippen LogP contribution in [0.3, 0.4) is 0 Å². The van der Waals surface area contributed by atoms with Crippen LogP contribution in [0.2, 0.25) is 0 Å². The van der Waals surface area contributed by atoms with Crippen LogP contribution in [0, 0.1) is 0 Å². The fourth-order valence-electron chi connectivity index (χ4n) is 1.73. The normalized spacial score (nSPS) is 9.50. The number of pyridine rings is 1. The van der Waals surface area contributed by atoms with Crippen LogP contribution in [-0.4, -0.2) is 11.7 Å². The summed E-state index contributed by atoms with van der Waals surface area (Å²) in [6.45, 7) is 1.45. The van der Waals surface area contributed by atoms with Crippen molar-refractivity contribution in [2.45, 2.75) is 6.92 Å². The smallest absolute Gasteiger partial charge is 0.221 e. The highest BCUT2D eigenvalue weighted by atomic mass is 127. The van der Waals surface area contributed by atoms with Crippen molar-refractivity contribution in [2.24, 2.45) is 7.05 Å². The third kappa shape index (κ3) is 4.12. The van der Waals surface area contributed by atoms with E-state index in [1.807, 2.05) is 24.0 Å². The molecule has 20 heavy (non-hydrogen) atoms. The Kier molecular flexibility index (Phi) is 5.82. The van der Waals surface area contributed by atoms with E-state index in [9.17, 15) is 9.59 Å². The van der Waals surface area contributed by atoms with Gasteiger partial charge in [0, 0.05) is 35.9 Å². The molecule has 0 unspecified atom stereocenters. The van der Waals surface area contributed by atoms with Crippen molar-refractivity contribution in [3.8, 4) is 0 Å². The Morgan fingerprint density at radius 2 is 1.45 bits per heavy atom. The molecule has 0 aliphatic rings. The zero-order chi connectivity index (χ0) is 13.8. The van der Waals surface area contributed by atoms with Gasteiger partial charge < -0.3 is 29.3 Å². The van der Waals surface area contributed by atoms with Crippen molar-refractivity contribution in [3.05, 3.63) is 59.9 Å². The number of amides is 1. The molecule has 0 bridgehead atoms. The molecule has 0 saturated heterocycles. The maximum Gasteiger partial charge on any atom is 0.221 e. The first kappa shape index (κ1) is 16.3. The molecule has 0 atom stereocenters. The topological polar surface area (TPSA) is 50.1 Å². The van der Waals surface area contributed by atoms with Crippen LogP contribution in [0.25, 0.3) is 0 Å². The summed E-state index contributed by atoms with van der Waals surface area (Å²) in [6.07, 6.45) is 3.66. The molecule has 0 spiro atoms. The van der Waals surface area contributed by atoms with Gasteiger partial charge in [-0.3, -0.25) is 9.59 Å². The average Bonchev–Trinajstić information content (AvgIpc) is 2.39. The molecule has 104 valence electrons. The molecule has 1 aromatic carbocycles. The first-order valence-electron chi connectivity index (χ1n) is 5.94. The van der Waals surface area contributed by atoms with Crippen molar-refractivity contribution >= 4 is 17.4 Å². The van der Waals surface area contributed by atoms with Gasteiger partial charge in [0.1, 0.15) is 7.05 Å². The Morgan fingerprint density at radius 1 is 0.950 bits per heavy atom. The van der Waals surface area contributed by atoms with Crippen molar-refractivity contribution in [2.75, 3.05) is 5.32 Å². The van der Waals surface area contributed by atoms with Gasteiger partial charge in [0.2, 0.25) is 5.91 Å². The molecule has 2 rings (SSSR count). The number of benzene rings is 1. The maximum absolute atomic E-state index is 12.2. The fourth-order valence-corrected chi connectivity index (χ4v) is 1.73. The standard InChI is InChI=1S/C15H14N2O2.HI/c1-11(18)16-14-5-3-12(4-6-14)15(19)13-7-9-17(2)10-8-13;/h3-10H,1-2H3;1H. The summed E-state index contributed by atoms with van der Waals surface area (Å²) >= 11 is 0. The summed E-state index contributed by atoms with van der Waals surface area (Å²) in [5.74, 6) is -0.162. The minimum absolute atomic E-state index is 0. The van der Waals surface area contributed by atoms with Gasteiger partial charge in [-0.25, -0.2) is 4.57 Å². The van der Waals surface area contributed by atoms with E-state index >= 15 is 0 Å². The average molecular weight is 382 g/mol. The van der Waals surface area contributed by atoms with Gasteiger partial charge in [-0.05, 0) is 24.3 Å². The number of hydrogen-bond donors (Lipinski definition) is 1. The molecule has 1 aromatic heterocycles. The lowest BCUT2D eigenvalue weighted by molar-refractivity contribution is -0.671. The van der Waals surface area contributed by atoms with Crippen LogP contribution in [0.4, 0.5) is 5.69 Å². The van der Waals surface area contributed by atoms with Gasteiger partial charge >= 0.3 is 0 Å². The summed E-state index contributed by atoms with van der Waals surface area (Å²) in [5.41, 5.74) is 1.93. The van der Waals surface area contributed by atoms with Crippen LogP contribution >= 0.6 is 0 Å². The Balaban J connectivity index is 0.00000200. The predicted octanol–water partition coefficient (Wildman–Crippen LogP) is -1.30. The van der Waals surface area contributed by atoms with Crippen molar-refractivity contribution in [1.29, 1.82) is 0 Å². The number of rotatable bonds is 3. The van der Waals surface area contributed by atoms with Gasteiger partial charge in [-0.15, -0.1) is 0 Å². The van der Waals surface area contributed by atoms with Gasteiger partial charge in [-0.1, -0.05) is 0 Å². The second-order valence-corrected chi connectivity index (χ2v) is 4.34. The van der Waals surface area contributed by atoms with Crippen LogP contribution < -0.4 is 33.9 Å². The lowest BCUT2D eigenvalue weighted by Gasteiger charge is -2.04. The van der Waals surface area contributed by atoms with Crippen LogP contribution in [0.5, 0.6) is 0 Å². The van der Waals surface area contributed by atoms with E-state index in [-0.39, 0.29) is 35.7 Å². The summed E-state index contributed by atoms with van der Waals surface area (Å²) in [5, 5.41) is 2.66. The van der Waals surface area contributed by atoms with E-state index in [0.29, 0.717) is 16.8 Å². The SMILES string of the molecule is CC(=O)Nc1ccc(C(=O)c2cc[n+](C)cc2)cc1.[I-]. The third-order valence-electron chi connectivity index (χ3n) is 2.71. The summed E-state index contributed by atoms with van der Waals surface area (Å²) in [4.78, 5) is 23.1. The number of halogens is 1. The van der Waals surface area contributed by atoms with E-state index < -0.39 is 0 Å². The number of nitrogens with one attached hydrogen (secondary N) is 1. The largest absolute Gasteiger partial charge is 1.00 e. The molecular formula is C15H15IN2O2. The Bertz CT molecular complexity index is 607. The molecule has 1 amide bonds. The highest BCUT2D eigenvalue weighted by Crippen LogP contribution is 2.13. The number of aromatic nitrogens is 1. The van der Waals surface area contributed by atoms with E-state index in [0.717, 1.165) is 0 Å². The second kappa shape index (κ2) is 7.14. The van der Waals surface area contributed by atoms with E-state index in [2.05, 4.69) is 5.32 Å². The summed E-state index contributed by atoms with van der Waals surface area (Å²) in [6, 6.07) is 10.4. The van der Waals surface area contributed by atoms with E-state index in [4.69, 9.17) is 0 Å². The summed E-state index contributed by atoms with van der Waals surface area (Å²) < 4.78 is 1.87. The Labute approximate surface area is 134 Å². The Hall–Kier alpha value is -1.76. The maximum atomic E-state index is 12.2. The second-order valence-electron chi connectivity index (χ2n) is 4.34. The molecule has 5 heteroatoms. The third-order valence-corrected chi connectivity index (χ3v) is 2.71. The van der Waals surface area contributed by atoms with Crippen LogP contribution in [0.1, 0.15) is 22.8 Å². The van der Waals surface area contributed by atoms with Gasteiger partial charge in [0.05, 0.1) is 0 Å². The lowest BCUT2D eigenvalue weighted by atomic mass is 10.0. The number of anilines is 1. The molecule has 4 nitrogen and oxygen atoms in total. The molecule has 0 aliphatic carbocycles. The molecule has 0 fully saturated rings. The number of hydrogen-bond acceptors (Lipinski definition) is 2. The van der Waals surface area contributed by atoms with Gasteiger partial charge in [-0.2, -0.15) is 0 Å². The Morgan fingerprint density at radius 3 is 1.95 bits per heavy atom. The van der Waals surface area contributed by atoms with Crippen LogP contribution in [0.15, 0.2) is 48.8 Å². The highest BCUT2D eigenvalue weighted by Gasteiger charge is 2.10. The zero-order valence-electron chi connectivity index (χ0n) is 11.3. The zero-order valence-corrected chi connectivity index (χ0v) is 13.4. The highest BCUT2D eigenvalue weighted by molar-refractivity contribution is 6.09. The predicted molar refractivity (Wildman–Crippen MR) is 71.8 cm³/mol. The van der Waals surface area contributed by atoms with Crippen molar-refractivity contribution in [1.82, 2.24) is 0 Å². The van der Waals surface area contributed by atoms with E-state index in [1.54, 1.807) is 36.4 Å². The van der Waals surface area contributed by atoms with Crippen LogP contribution in [-0.2, 0) is 11.8 Å². The number of carbonyl (C=O) groups is 2. The first-order chi connectivity index (χ1) is 9.06. The van der Waals surface area contributed by atoms with Gasteiger partial charge in [0.25, 0.3) is 0 Å². The number of carbonyl (C=O) groups excluding carboxylic acids is 2. The van der Waals surface area contributed by atoms with Crippen molar-refractivity contribution in [3.63, 3.8) is 0 Å². The minimum atomic E-state index is -0.130. The quantitative estimate of drug-likeness (QED) is 0.408. The molecule has 1 N–H and O–H groups in total. The van der Waals surface area contributed by atoms with E-state index in [1.165, 1.54) is 6.92 Å². The van der Waals surface area contributed by atoms with Gasteiger partial charge in [0.15, 0.2) is 18.2 Å². The molecule has 0 radical (unpaired) electrons. The molecular weight excluding hydrogens is 367 g/mol. The minimum Gasteiger partial charge on any atom is -1.00 e. The fraction of sp³-hybridized carbons (Fsp3) is 0.133. The monoisotopic (exact) mass is 382 g/mol. The molecule has 1 heterocycles. The first-order valence-corrected chi connectivity index (χ1v) is 5.94. The lowest BCUT2D eigenvalue weighted by Crippen LogP contribution is -3.00. The number of aryl methyl sites for hydroxylation is 1.